The molecule has 5 heteroatoms. The molecule has 0 aliphatic heterocycles. The average Bonchev–Trinajstić information content (AvgIpc) is 2.68. The molecular formula is C13H13BrN2O2. The quantitative estimate of drug-likeness (QED) is 0.942. The summed E-state index contributed by atoms with van der Waals surface area (Å²) in [5, 5.41) is 13.4. The standard InChI is InChI=1S/C13H13BrN2O2/c1-8(2)16-12(14)10(11(15-16)13(17)18)9-6-4-3-5-7-9/h3-8H,1-2H3,(H,17,18). The van der Waals surface area contributed by atoms with Gasteiger partial charge in [-0.15, -0.1) is 0 Å². The minimum absolute atomic E-state index is 0.0711. The highest BCUT2D eigenvalue weighted by Crippen LogP contribution is 2.33. The van der Waals surface area contributed by atoms with Crippen LogP contribution in [0.3, 0.4) is 0 Å². The highest BCUT2D eigenvalue weighted by atomic mass is 79.9. The van der Waals surface area contributed by atoms with E-state index in [0.717, 1.165) is 5.56 Å². The Labute approximate surface area is 113 Å². The predicted octanol–water partition coefficient (Wildman–Crippen LogP) is 3.59. The van der Waals surface area contributed by atoms with E-state index in [-0.39, 0.29) is 11.7 Å². The molecule has 2 aromatic rings. The molecule has 0 saturated carbocycles. The summed E-state index contributed by atoms with van der Waals surface area (Å²) in [6.45, 7) is 3.91. The Morgan fingerprint density at radius 3 is 2.44 bits per heavy atom. The average molecular weight is 309 g/mol. The maximum Gasteiger partial charge on any atom is 0.357 e. The Morgan fingerprint density at radius 2 is 1.94 bits per heavy atom. The van der Waals surface area contributed by atoms with Crippen LogP contribution in [0.4, 0.5) is 0 Å². The fourth-order valence-electron chi connectivity index (χ4n) is 1.77. The van der Waals surface area contributed by atoms with Crippen molar-refractivity contribution >= 4 is 21.9 Å². The van der Waals surface area contributed by atoms with E-state index in [1.165, 1.54) is 0 Å². The zero-order chi connectivity index (χ0) is 13.3. The van der Waals surface area contributed by atoms with Crippen molar-refractivity contribution in [1.82, 2.24) is 9.78 Å². The van der Waals surface area contributed by atoms with Crippen LogP contribution >= 0.6 is 15.9 Å². The minimum atomic E-state index is -1.02. The summed E-state index contributed by atoms with van der Waals surface area (Å²) in [6.07, 6.45) is 0. The number of carboxylic acid groups (broad SMARTS) is 1. The van der Waals surface area contributed by atoms with Gasteiger partial charge >= 0.3 is 5.97 Å². The molecule has 94 valence electrons. The number of aromatic nitrogens is 2. The van der Waals surface area contributed by atoms with Gasteiger partial charge in [0.05, 0.1) is 0 Å². The smallest absolute Gasteiger partial charge is 0.357 e. The molecule has 0 aliphatic rings. The molecule has 4 nitrogen and oxygen atoms in total. The number of carbonyl (C=O) groups is 1. The van der Waals surface area contributed by atoms with Crippen molar-refractivity contribution in [3.05, 3.63) is 40.6 Å². The van der Waals surface area contributed by atoms with Crippen LogP contribution in [-0.4, -0.2) is 20.9 Å². The maximum absolute atomic E-state index is 11.3. The molecule has 0 saturated heterocycles. The van der Waals surface area contributed by atoms with Crippen LogP contribution in [0.25, 0.3) is 11.1 Å². The minimum Gasteiger partial charge on any atom is -0.476 e. The molecule has 1 heterocycles. The summed E-state index contributed by atoms with van der Waals surface area (Å²) >= 11 is 3.44. The van der Waals surface area contributed by atoms with E-state index in [9.17, 15) is 9.90 Å². The van der Waals surface area contributed by atoms with E-state index in [2.05, 4.69) is 21.0 Å². The summed E-state index contributed by atoms with van der Waals surface area (Å²) in [5.41, 5.74) is 1.53. The predicted molar refractivity (Wildman–Crippen MR) is 72.7 cm³/mol. The van der Waals surface area contributed by atoms with Gasteiger partial charge in [0.1, 0.15) is 4.60 Å². The SMILES string of the molecule is CC(C)n1nc(C(=O)O)c(-c2ccccc2)c1Br. The molecule has 0 fully saturated rings. The van der Waals surface area contributed by atoms with Crippen LogP contribution in [0.15, 0.2) is 34.9 Å². The highest BCUT2D eigenvalue weighted by molar-refractivity contribution is 9.10. The number of halogens is 1. The molecular weight excluding hydrogens is 296 g/mol. The Hall–Kier alpha value is -1.62. The van der Waals surface area contributed by atoms with Gasteiger partial charge in [-0.2, -0.15) is 5.10 Å². The van der Waals surface area contributed by atoms with Crippen molar-refractivity contribution in [2.24, 2.45) is 0 Å². The van der Waals surface area contributed by atoms with Gasteiger partial charge in [-0.3, -0.25) is 4.68 Å². The number of hydrogen-bond donors (Lipinski definition) is 1. The van der Waals surface area contributed by atoms with Crippen LogP contribution in [0.5, 0.6) is 0 Å². The van der Waals surface area contributed by atoms with Crippen LogP contribution in [0.2, 0.25) is 0 Å². The molecule has 0 radical (unpaired) electrons. The Bertz CT molecular complexity index is 576. The van der Waals surface area contributed by atoms with Gasteiger partial charge in [-0.05, 0) is 35.3 Å². The van der Waals surface area contributed by atoms with Crippen LogP contribution < -0.4 is 0 Å². The number of benzene rings is 1. The monoisotopic (exact) mass is 308 g/mol. The van der Waals surface area contributed by atoms with Crippen LogP contribution in [-0.2, 0) is 0 Å². The lowest BCUT2D eigenvalue weighted by atomic mass is 10.1. The van der Waals surface area contributed by atoms with Crippen molar-refractivity contribution in [2.75, 3.05) is 0 Å². The summed E-state index contributed by atoms with van der Waals surface area (Å²) in [5.74, 6) is -1.02. The largest absolute Gasteiger partial charge is 0.476 e. The molecule has 0 amide bonds. The second-order valence-corrected chi connectivity index (χ2v) is 4.98. The Kier molecular flexibility index (Phi) is 3.52. The second-order valence-electron chi connectivity index (χ2n) is 4.22. The first-order chi connectivity index (χ1) is 8.52. The molecule has 0 unspecified atom stereocenters. The molecule has 0 bridgehead atoms. The summed E-state index contributed by atoms with van der Waals surface area (Å²) < 4.78 is 2.37. The summed E-state index contributed by atoms with van der Waals surface area (Å²) in [6, 6.07) is 9.48. The fourth-order valence-corrected chi connectivity index (χ4v) is 2.67. The second kappa shape index (κ2) is 4.94. The van der Waals surface area contributed by atoms with Gasteiger partial charge in [0.25, 0.3) is 0 Å². The molecule has 0 aliphatic carbocycles. The molecule has 2 rings (SSSR count). The third-order valence-electron chi connectivity index (χ3n) is 2.61. The highest BCUT2D eigenvalue weighted by Gasteiger charge is 2.23. The Morgan fingerprint density at radius 1 is 1.33 bits per heavy atom. The fraction of sp³-hybridized carbons (Fsp3) is 0.231. The number of rotatable bonds is 3. The van der Waals surface area contributed by atoms with E-state index < -0.39 is 5.97 Å². The van der Waals surface area contributed by atoms with Crippen molar-refractivity contribution in [3.63, 3.8) is 0 Å². The van der Waals surface area contributed by atoms with Gasteiger partial charge in [0.15, 0.2) is 5.69 Å². The molecule has 0 spiro atoms. The number of hydrogen-bond acceptors (Lipinski definition) is 2. The van der Waals surface area contributed by atoms with Crippen molar-refractivity contribution < 1.29 is 9.90 Å². The lowest BCUT2D eigenvalue weighted by molar-refractivity contribution is 0.0690. The van der Waals surface area contributed by atoms with E-state index in [0.29, 0.717) is 10.2 Å². The van der Waals surface area contributed by atoms with Crippen LogP contribution in [0.1, 0.15) is 30.4 Å². The summed E-state index contributed by atoms with van der Waals surface area (Å²) in [4.78, 5) is 11.3. The van der Waals surface area contributed by atoms with Gasteiger partial charge in [-0.25, -0.2) is 4.79 Å². The lowest BCUT2D eigenvalue weighted by Crippen LogP contribution is -2.05. The first-order valence-electron chi connectivity index (χ1n) is 5.59. The number of aromatic carboxylic acids is 1. The van der Waals surface area contributed by atoms with E-state index in [1.54, 1.807) is 4.68 Å². The van der Waals surface area contributed by atoms with E-state index >= 15 is 0 Å². The van der Waals surface area contributed by atoms with Crippen molar-refractivity contribution in [2.45, 2.75) is 19.9 Å². The van der Waals surface area contributed by atoms with Crippen molar-refractivity contribution in [1.29, 1.82) is 0 Å². The number of carboxylic acids is 1. The first-order valence-corrected chi connectivity index (χ1v) is 6.38. The molecule has 18 heavy (non-hydrogen) atoms. The zero-order valence-corrected chi connectivity index (χ0v) is 11.7. The third-order valence-corrected chi connectivity index (χ3v) is 3.37. The van der Waals surface area contributed by atoms with Gasteiger partial charge in [0.2, 0.25) is 0 Å². The van der Waals surface area contributed by atoms with Gasteiger partial charge in [0, 0.05) is 11.6 Å². The molecule has 0 atom stereocenters. The topological polar surface area (TPSA) is 55.1 Å². The van der Waals surface area contributed by atoms with E-state index in [4.69, 9.17) is 0 Å². The molecule has 1 aromatic carbocycles. The maximum atomic E-state index is 11.3. The first kappa shape index (κ1) is 12.8. The Balaban J connectivity index is 2.69. The van der Waals surface area contributed by atoms with Gasteiger partial charge < -0.3 is 5.11 Å². The third kappa shape index (κ3) is 2.18. The van der Waals surface area contributed by atoms with Crippen LogP contribution in [0, 0.1) is 0 Å². The number of nitrogens with zero attached hydrogens (tertiary/aromatic N) is 2. The normalized spacial score (nSPS) is 10.9. The molecule has 1 aromatic heterocycles. The molecule has 1 N–H and O–H groups in total. The van der Waals surface area contributed by atoms with E-state index in [1.807, 2.05) is 44.2 Å². The van der Waals surface area contributed by atoms with Gasteiger partial charge in [-0.1, -0.05) is 30.3 Å². The summed E-state index contributed by atoms with van der Waals surface area (Å²) in [7, 11) is 0. The lowest BCUT2D eigenvalue weighted by Gasteiger charge is -2.07. The zero-order valence-electron chi connectivity index (χ0n) is 10.1. The van der Waals surface area contributed by atoms with Crippen molar-refractivity contribution in [3.8, 4) is 11.1 Å².